The van der Waals surface area contributed by atoms with Crippen molar-refractivity contribution in [3.8, 4) is 22.6 Å². The van der Waals surface area contributed by atoms with Crippen molar-refractivity contribution >= 4 is 34.9 Å². The normalized spacial score (nSPS) is 12.4. The van der Waals surface area contributed by atoms with E-state index in [0.717, 1.165) is 54.5 Å². The first-order valence-corrected chi connectivity index (χ1v) is 17.6. The van der Waals surface area contributed by atoms with Gasteiger partial charge in [-0.2, -0.15) is 4.98 Å². The quantitative estimate of drug-likeness (QED) is 0.0346. The van der Waals surface area contributed by atoms with Crippen molar-refractivity contribution in [3.63, 3.8) is 0 Å². The standard InChI is InChI=1S/C39H44N6O10.2HI/c1-23-19-31-32(20-24(23)2)45(21-33(53-26(4)47)36(55-28(6)49)34(54-27(5)48)22-52-25(3)46)37-35(40-31)38(50)44(39(51)41-37)14-8-13-43-17-11-30(12-18-43)29-9-15-42(7)16-10-29;;/h9-12,15-20,33-34,36H,8,13-14,21-22H2,1-7H3;2*1H/q+2;;/p-2. The molecule has 2 aromatic heterocycles. The van der Waals surface area contributed by atoms with Gasteiger partial charge in [0.2, 0.25) is 0 Å². The molecule has 2 aliphatic rings. The molecule has 3 unspecified atom stereocenters. The highest BCUT2D eigenvalue weighted by atomic mass is 127. The SMILES string of the molecule is CC(=O)OCC(OC(C)=O)C(OC(C)=O)C(Cn1c2nc(=O)n(CCC[n+]3ccc(-c4cc[n+](C)cc4)cc3)c(=O)c-2nc2cc(C)c(C)cc21)OC(C)=O.[I-].[I-]. The predicted octanol–water partition coefficient (Wildman–Crippen LogP) is -4.09. The summed E-state index contributed by atoms with van der Waals surface area (Å²) < 4.78 is 28.2. The summed E-state index contributed by atoms with van der Waals surface area (Å²) in [6, 6.07) is 11.6. The summed E-state index contributed by atoms with van der Waals surface area (Å²) >= 11 is 0. The monoisotopic (exact) mass is 1010 g/mol. The van der Waals surface area contributed by atoms with E-state index >= 15 is 0 Å². The average Bonchev–Trinajstić information content (AvgIpc) is 3.11. The first kappa shape index (κ1) is 46.5. The number of ether oxygens (including phenoxy) is 4. The van der Waals surface area contributed by atoms with E-state index in [-0.39, 0.29) is 72.6 Å². The predicted molar refractivity (Wildman–Crippen MR) is 195 cm³/mol. The Balaban J connectivity index is 0.00000435. The van der Waals surface area contributed by atoms with Gasteiger partial charge in [-0.15, -0.1) is 0 Å². The van der Waals surface area contributed by atoms with Gasteiger partial charge in [-0.05, 0) is 48.2 Å². The molecule has 3 atom stereocenters. The second-order valence-corrected chi connectivity index (χ2v) is 13.3. The van der Waals surface area contributed by atoms with Crippen LogP contribution in [-0.4, -0.2) is 67.9 Å². The van der Waals surface area contributed by atoms with Crippen molar-refractivity contribution < 1.29 is 95.2 Å². The smallest absolute Gasteiger partial charge is 0.352 e. The number of pyridine rings is 2. The van der Waals surface area contributed by atoms with Crippen LogP contribution in [0.15, 0.2) is 70.8 Å². The number of rotatable bonds is 14. The van der Waals surface area contributed by atoms with E-state index in [4.69, 9.17) is 18.9 Å². The molecule has 0 amide bonds. The van der Waals surface area contributed by atoms with Gasteiger partial charge in [-0.1, -0.05) is 0 Å². The molecule has 18 heteroatoms. The molecule has 5 rings (SSSR count). The number of hydrogen-bond donors (Lipinski definition) is 0. The Morgan fingerprint density at radius 2 is 1.30 bits per heavy atom. The second kappa shape index (κ2) is 20.5. The molecule has 0 N–H and O–H groups in total. The molecule has 304 valence electrons. The van der Waals surface area contributed by atoms with E-state index in [1.807, 2.05) is 79.1 Å². The van der Waals surface area contributed by atoms with Crippen LogP contribution in [0.2, 0.25) is 0 Å². The zero-order valence-electron chi connectivity index (χ0n) is 32.6. The maximum atomic E-state index is 14.1. The highest BCUT2D eigenvalue weighted by molar-refractivity contribution is 5.81. The van der Waals surface area contributed by atoms with E-state index in [0.29, 0.717) is 24.0 Å². The molecule has 1 aromatic carbocycles. The highest BCUT2D eigenvalue weighted by Crippen LogP contribution is 2.27. The lowest BCUT2D eigenvalue weighted by molar-refractivity contribution is -0.697. The first-order chi connectivity index (χ1) is 26.1. The largest absolute Gasteiger partial charge is 1.00 e. The van der Waals surface area contributed by atoms with Crippen LogP contribution in [-0.2, 0) is 64.8 Å². The van der Waals surface area contributed by atoms with Gasteiger partial charge in [-0.3, -0.25) is 28.5 Å². The third-order valence-corrected chi connectivity index (χ3v) is 8.95. The minimum atomic E-state index is -1.50. The number of aromatic nitrogens is 6. The molecule has 3 aromatic rings. The molecule has 0 fully saturated rings. The molecule has 0 saturated heterocycles. The Morgan fingerprint density at radius 3 is 1.88 bits per heavy atom. The van der Waals surface area contributed by atoms with Crippen LogP contribution >= 0.6 is 0 Å². The third kappa shape index (κ3) is 11.8. The lowest BCUT2D eigenvalue weighted by Crippen LogP contribution is -3.00. The minimum Gasteiger partial charge on any atom is -1.00 e. The Kier molecular flexibility index (Phi) is 16.8. The fourth-order valence-corrected chi connectivity index (χ4v) is 6.20. The van der Waals surface area contributed by atoms with E-state index in [1.54, 1.807) is 12.1 Å². The number of esters is 4. The number of nitrogens with zero attached hydrogens (tertiary/aromatic N) is 6. The zero-order valence-corrected chi connectivity index (χ0v) is 36.9. The molecular weight excluding hydrogens is 966 g/mol. The number of carbonyl (C=O) groups excluding carboxylic acids is 4. The van der Waals surface area contributed by atoms with Gasteiger partial charge in [0.05, 0.1) is 17.6 Å². The minimum absolute atomic E-state index is 0. The molecule has 2 aliphatic heterocycles. The lowest BCUT2D eigenvalue weighted by Gasteiger charge is -2.32. The Labute approximate surface area is 362 Å². The van der Waals surface area contributed by atoms with Crippen molar-refractivity contribution in [2.24, 2.45) is 7.05 Å². The topological polar surface area (TPSA) is 183 Å². The van der Waals surface area contributed by atoms with Gasteiger partial charge in [0.1, 0.15) is 20.2 Å². The molecule has 16 nitrogen and oxygen atoms in total. The molecule has 57 heavy (non-hydrogen) atoms. The Morgan fingerprint density at radius 1 is 0.737 bits per heavy atom. The average molecular weight is 1010 g/mol. The maximum Gasteiger partial charge on any atom is 0.352 e. The summed E-state index contributed by atoms with van der Waals surface area (Å²) in [6.07, 6.45) is 3.92. The van der Waals surface area contributed by atoms with Crippen molar-refractivity contribution in [2.75, 3.05) is 6.61 Å². The van der Waals surface area contributed by atoms with Gasteiger partial charge in [0.25, 0.3) is 5.56 Å². The van der Waals surface area contributed by atoms with Crippen LogP contribution in [0.25, 0.3) is 33.7 Å². The van der Waals surface area contributed by atoms with Crippen LogP contribution in [0.3, 0.4) is 0 Å². The number of hydrogen-bond acceptors (Lipinski definition) is 12. The van der Waals surface area contributed by atoms with Crippen LogP contribution < -0.4 is 68.3 Å². The summed E-state index contributed by atoms with van der Waals surface area (Å²) in [5, 5.41) is 0. The zero-order chi connectivity index (χ0) is 40.0. The fourth-order valence-electron chi connectivity index (χ4n) is 6.20. The summed E-state index contributed by atoms with van der Waals surface area (Å²) in [4.78, 5) is 85.4. The van der Waals surface area contributed by atoms with Gasteiger partial charge < -0.3 is 71.5 Å². The Bertz CT molecular complexity index is 2330. The van der Waals surface area contributed by atoms with Crippen molar-refractivity contribution in [1.82, 2.24) is 19.1 Å². The maximum absolute atomic E-state index is 14.1. The highest BCUT2D eigenvalue weighted by Gasteiger charge is 2.39. The van der Waals surface area contributed by atoms with E-state index in [9.17, 15) is 28.8 Å². The fraction of sp³-hybridized carbons (Fsp3) is 0.385. The Hall–Kier alpha value is -4.86. The summed E-state index contributed by atoms with van der Waals surface area (Å²) in [7, 11) is 1.95. The molecular formula is C39H44I2N6O10. The van der Waals surface area contributed by atoms with Crippen LogP contribution in [0.4, 0.5) is 0 Å². The molecule has 4 heterocycles. The summed E-state index contributed by atoms with van der Waals surface area (Å²) in [5.41, 5.74) is 3.03. The van der Waals surface area contributed by atoms with Gasteiger partial charge in [0, 0.05) is 64.9 Å². The van der Waals surface area contributed by atoms with Crippen LogP contribution in [0.5, 0.6) is 0 Å². The number of halogens is 2. The number of fused-ring (bicyclic) bond motifs is 2. The first-order valence-electron chi connectivity index (χ1n) is 17.6. The number of benzene rings is 1. The van der Waals surface area contributed by atoms with Crippen molar-refractivity contribution in [2.45, 2.75) is 85.9 Å². The summed E-state index contributed by atoms with van der Waals surface area (Å²) in [5.74, 6) is -3.20. The molecule has 0 spiro atoms. The van der Waals surface area contributed by atoms with Crippen molar-refractivity contribution in [1.29, 1.82) is 0 Å². The summed E-state index contributed by atoms with van der Waals surface area (Å²) in [6.45, 7) is 7.92. The molecule has 0 aliphatic carbocycles. The van der Waals surface area contributed by atoms with Gasteiger partial charge in [-0.25, -0.2) is 18.9 Å². The van der Waals surface area contributed by atoms with Crippen molar-refractivity contribution in [3.05, 3.63) is 93.2 Å². The number of carbonyl (C=O) groups is 4. The van der Waals surface area contributed by atoms with Crippen LogP contribution in [0, 0.1) is 13.8 Å². The van der Waals surface area contributed by atoms with Gasteiger partial charge in [0.15, 0.2) is 54.6 Å². The molecule has 0 radical (unpaired) electrons. The van der Waals surface area contributed by atoms with E-state index in [1.165, 1.54) is 4.57 Å². The van der Waals surface area contributed by atoms with E-state index < -0.39 is 60.0 Å². The lowest BCUT2D eigenvalue weighted by atomic mass is 10.1. The van der Waals surface area contributed by atoms with Gasteiger partial charge >= 0.3 is 29.6 Å². The van der Waals surface area contributed by atoms with E-state index in [2.05, 4.69) is 9.97 Å². The number of aryl methyl sites for hydroxylation is 4. The molecule has 0 saturated carbocycles. The second-order valence-electron chi connectivity index (χ2n) is 13.3. The molecule has 0 bridgehead atoms. The third-order valence-electron chi connectivity index (χ3n) is 8.95. The van der Waals surface area contributed by atoms with Crippen LogP contribution in [0.1, 0.15) is 45.2 Å².